The Hall–Kier alpha value is -2.67. The zero-order valence-electron chi connectivity index (χ0n) is 17.9. The van der Waals surface area contributed by atoms with E-state index in [0.717, 1.165) is 59.3 Å². The highest BCUT2D eigenvalue weighted by molar-refractivity contribution is 6.33. The van der Waals surface area contributed by atoms with Gasteiger partial charge in [-0.25, -0.2) is 9.67 Å². The highest BCUT2D eigenvalue weighted by atomic mass is 35.5. The van der Waals surface area contributed by atoms with Crippen LogP contribution in [0.2, 0.25) is 5.02 Å². The number of hydrogen-bond acceptors (Lipinski definition) is 4. The van der Waals surface area contributed by atoms with Crippen molar-refractivity contribution < 1.29 is 5.11 Å². The van der Waals surface area contributed by atoms with Crippen LogP contribution >= 0.6 is 11.6 Å². The molecule has 1 aliphatic carbocycles. The van der Waals surface area contributed by atoms with Gasteiger partial charge in [-0.1, -0.05) is 35.9 Å². The molecule has 1 saturated carbocycles. The van der Waals surface area contributed by atoms with Crippen molar-refractivity contribution in [1.82, 2.24) is 24.6 Å². The number of fused-ring (bicyclic) bond motifs is 1. The molecule has 7 heteroatoms. The second-order valence-corrected chi connectivity index (χ2v) is 9.55. The molecule has 164 valence electrons. The largest absolute Gasteiger partial charge is 0.385 e. The summed E-state index contributed by atoms with van der Waals surface area (Å²) in [5.41, 5.74) is 5.07. The lowest BCUT2D eigenvalue weighted by Gasteiger charge is -2.35. The van der Waals surface area contributed by atoms with Crippen molar-refractivity contribution in [2.24, 2.45) is 0 Å². The van der Waals surface area contributed by atoms with Crippen molar-refractivity contribution in [3.05, 3.63) is 65.1 Å². The minimum absolute atomic E-state index is 0.527. The zero-order chi connectivity index (χ0) is 21.7. The van der Waals surface area contributed by atoms with E-state index < -0.39 is 5.60 Å². The van der Waals surface area contributed by atoms with Gasteiger partial charge in [-0.15, -0.1) is 0 Å². The number of H-pyrrole nitrogens is 1. The summed E-state index contributed by atoms with van der Waals surface area (Å²) in [5, 5.41) is 16.6. The van der Waals surface area contributed by atoms with Gasteiger partial charge in [0.15, 0.2) is 0 Å². The van der Waals surface area contributed by atoms with Gasteiger partial charge in [0.2, 0.25) is 0 Å². The molecule has 1 aromatic carbocycles. The molecular weight excluding hydrogens is 422 g/mol. The van der Waals surface area contributed by atoms with Crippen molar-refractivity contribution in [2.45, 2.75) is 44.2 Å². The summed E-state index contributed by atoms with van der Waals surface area (Å²) in [5.74, 6) is 0. The molecule has 4 heterocycles. The van der Waals surface area contributed by atoms with Gasteiger partial charge in [-0.2, -0.15) is 5.10 Å². The Balaban J connectivity index is 1.33. The molecule has 2 N–H and O–H groups in total. The first-order valence-electron chi connectivity index (χ1n) is 11.4. The van der Waals surface area contributed by atoms with Crippen molar-refractivity contribution in [3.63, 3.8) is 0 Å². The maximum Gasteiger partial charge on any atom is 0.140 e. The number of pyridine rings is 1. The molecule has 0 atom stereocenters. The van der Waals surface area contributed by atoms with E-state index >= 15 is 0 Å². The average molecular weight is 448 g/mol. The van der Waals surface area contributed by atoms with Gasteiger partial charge in [-0.3, -0.25) is 4.90 Å². The Morgan fingerprint density at radius 3 is 2.56 bits per heavy atom. The topological polar surface area (TPSA) is 70.0 Å². The number of aromatic nitrogens is 4. The van der Waals surface area contributed by atoms with E-state index in [1.54, 1.807) is 17.1 Å². The summed E-state index contributed by atoms with van der Waals surface area (Å²) in [7, 11) is 0. The molecule has 2 fully saturated rings. The molecule has 1 aliphatic heterocycles. The summed E-state index contributed by atoms with van der Waals surface area (Å²) in [6.45, 7) is 3.42. The number of nitrogens with zero attached hydrogens (tertiary/aromatic N) is 4. The third-order valence-corrected chi connectivity index (χ3v) is 7.26. The van der Waals surface area contributed by atoms with Gasteiger partial charge in [0.1, 0.15) is 5.65 Å². The first-order valence-corrected chi connectivity index (χ1v) is 11.7. The van der Waals surface area contributed by atoms with Gasteiger partial charge >= 0.3 is 0 Å². The molecule has 0 bridgehead atoms. The van der Waals surface area contributed by atoms with Crippen LogP contribution in [0.4, 0.5) is 0 Å². The third-order valence-electron chi connectivity index (χ3n) is 6.98. The molecule has 32 heavy (non-hydrogen) atoms. The Labute approximate surface area is 191 Å². The lowest BCUT2D eigenvalue weighted by Crippen LogP contribution is -2.33. The van der Waals surface area contributed by atoms with Gasteiger partial charge in [0.05, 0.1) is 28.7 Å². The van der Waals surface area contributed by atoms with Gasteiger partial charge < -0.3 is 10.1 Å². The van der Waals surface area contributed by atoms with Crippen molar-refractivity contribution in [2.75, 3.05) is 13.1 Å². The van der Waals surface area contributed by atoms with Gasteiger partial charge in [0.25, 0.3) is 0 Å². The molecule has 3 aromatic heterocycles. The summed E-state index contributed by atoms with van der Waals surface area (Å²) in [6.07, 6.45) is 10.5. The Morgan fingerprint density at radius 2 is 1.84 bits per heavy atom. The Morgan fingerprint density at radius 1 is 1.06 bits per heavy atom. The Bertz CT molecular complexity index is 1270. The number of hydrogen-bond donors (Lipinski definition) is 2. The van der Waals surface area contributed by atoms with Crippen molar-refractivity contribution in [3.8, 4) is 16.9 Å². The number of benzene rings is 1. The normalized spacial score (nSPS) is 18.3. The summed E-state index contributed by atoms with van der Waals surface area (Å²) < 4.78 is 1.76. The summed E-state index contributed by atoms with van der Waals surface area (Å²) in [4.78, 5) is 10.4. The highest BCUT2D eigenvalue weighted by Crippen LogP contribution is 2.41. The minimum atomic E-state index is -0.753. The molecule has 2 aliphatic rings. The van der Waals surface area contributed by atoms with Crippen LogP contribution in [0.3, 0.4) is 0 Å². The van der Waals surface area contributed by atoms with Crippen LogP contribution < -0.4 is 0 Å². The smallest absolute Gasteiger partial charge is 0.140 e. The van der Waals surface area contributed by atoms with E-state index in [1.807, 2.05) is 6.20 Å². The lowest BCUT2D eigenvalue weighted by atomic mass is 9.76. The molecule has 4 aromatic rings. The number of aromatic amines is 1. The van der Waals surface area contributed by atoms with Crippen LogP contribution in [-0.4, -0.2) is 42.8 Å². The maximum absolute atomic E-state index is 10.7. The molecule has 0 unspecified atom stereocenters. The third kappa shape index (κ3) is 3.43. The number of rotatable bonds is 5. The van der Waals surface area contributed by atoms with Crippen LogP contribution in [-0.2, 0) is 12.1 Å². The molecule has 0 spiro atoms. The lowest BCUT2D eigenvalue weighted by molar-refractivity contribution is -0.0388. The molecule has 6 nitrogen and oxygen atoms in total. The number of likely N-dealkylation sites (tertiary alicyclic amines) is 1. The number of aliphatic hydroxyl groups is 1. The molecule has 0 radical (unpaired) electrons. The van der Waals surface area contributed by atoms with Gasteiger partial charge in [-0.05, 0) is 62.4 Å². The Kier molecular flexibility index (Phi) is 4.82. The van der Waals surface area contributed by atoms with Crippen LogP contribution in [0.5, 0.6) is 0 Å². The molecule has 1 saturated heterocycles. The van der Waals surface area contributed by atoms with Crippen molar-refractivity contribution in [1.29, 1.82) is 0 Å². The second kappa shape index (κ2) is 7.73. The van der Waals surface area contributed by atoms with E-state index in [2.05, 4.69) is 50.3 Å². The van der Waals surface area contributed by atoms with E-state index in [4.69, 9.17) is 11.6 Å². The SMILES string of the molecule is OC1(c2cnn(-c3c(Cl)cnc4[nH]c(-c5ccc(CN6CCCC6)cc5)cc34)c2)CCC1. The molecular formula is C25H26ClN5O. The van der Waals surface area contributed by atoms with E-state index in [0.29, 0.717) is 5.02 Å². The maximum atomic E-state index is 10.7. The van der Waals surface area contributed by atoms with E-state index in [-0.39, 0.29) is 0 Å². The van der Waals surface area contributed by atoms with Crippen LogP contribution in [0.25, 0.3) is 28.0 Å². The fourth-order valence-electron chi connectivity index (χ4n) is 4.90. The van der Waals surface area contributed by atoms with E-state index in [1.165, 1.54) is 31.5 Å². The van der Waals surface area contributed by atoms with Crippen LogP contribution in [0.1, 0.15) is 43.2 Å². The fraction of sp³-hybridized carbons (Fsp3) is 0.360. The highest BCUT2D eigenvalue weighted by Gasteiger charge is 2.37. The molecule has 6 rings (SSSR count). The predicted octanol–water partition coefficient (Wildman–Crippen LogP) is 5.04. The predicted molar refractivity (Wildman–Crippen MR) is 126 cm³/mol. The second-order valence-electron chi connectivity index (χ2n) is 9.14. The van der Waals surface area contributed by atoms with E-state index in [9.17, 15) is 5.11 Å². The van der Waals surface area contributed by atoms with Gasteiger partial charge in [0, 0.05) is 29.4 Å². The zero-order valence-corrected chi connectivity index (χ0v) is 18.6. The standard InChI is InChI=1S/C25H26ClN5O/c26-21-14-27-24-20(23(21)31-16-19(13-28-31)25(32)8-3-9-25)12-22(29-24)18-6-4-17(5-7-18)15-30-10-1-2-11-30/h4-7,12-14,16,32H,1-3,8-11,15H2,(H,27,29). The first kappa shape index (κ1) is 20.0. The minimum Gasteiger partial charge on any atom is -0.385 e. The number of halogens is 1. The summed E-state index contributed by atoms with van der Waals surface area (Å²) in [6, 6.07) is 10.8. The van der Waals surface area contributed by atoms with Crippen molar-refractivity contribution >= 4 is 22.6 Å². The number of nitrogens with one attached hydrogen (secondary N) is 1. The molecule has 0 amide bonds. The van der Waals surface area contributed by atoms with Crippen LogP contribution in [0.15, 0.2) is 48.9 Å². The monoisotopic (exact) mass is 447 g/mol. The fourth-order valence-corrected chi connectivity index (χ4v) is 5.14. The average Bonchev–Trinajstić information content (AvgIpc) is 3.53. The summed E-state index contributed by atoms with van der Waals surface area (Å²) >= 11 is 6.56. The van der Waals surface area contributed by atoms with Crippen LogP contribution in [0, 0.1) is 0 Å². The quantitative estimate of drug-likeness (QED) is 0.450. The first-order chi connectivity index (χ1) is 15.6.